The Morgan fingerprint density at radius 1 is 0.933 bits per heavy atom. The molecule has 4 amide bonds. The molecule has 0 saturated heterocycles. The van der Waals surface area contributed by atoms with E-state index in [2.05, 4.69) is 16.0 Å². The molecule has 170 valence electrons. The van der Waals surface area contributed by atoms with Gasteiger partial charge in [-0.25, -0.2) is 4.79 Å². The molecule has 0 rings (SSSR count). The highest BCUT2D eigenvalue weighted by Crippen LogP contribution is 2.06. The molecule has 13 heteroatoms. The van der Waals surface area contributed by atoms with Crippen LogP contribution in [0.25, 0.3) is 0 Å². The Kier molecular flexibility index (Phi) is 11.7. The summed E-state index contributed by atoms with van der Waals surface area (Å²) < 4.78 is 0. The Morgan fingerprint density at radius 2 is 1.53 bits per heavy atom. The lowest BCUT2D eigenvalue weighted by Crippen LogP contribution is -2.54. The largest absolute Gasteiger partial charge is 0.481 e. The van der Waals surface area contributed by atoms with Crippen molar-refractivity contribution in [1.82, 2.24) is 16.0 Å². The number of rotatable bonds is 14. The van der Waals surface area contributed by atoms with Crippen molar-refractivity contribution < 1.29 is 39.0 Å². The van der Waals surface area contributed by atoms with Gasteiger partial charge in [0.1, 0.15) is 12.1 Å². The zero-order valence-electron chi connectivity index (χ0n) is 16.8. The van der Waals surface area contributed by atoms with Gasteiger partial charge >= 0.3 is 11.9 Å². The predicted octanol–water partition coefficient (Wildman–Crippen LogP) is -2.73. The van der Waals surface area contributed by atoms with Crippen molar-refractivity contribution >= 4 is 35.6 Å². The maximum Gasteiger partial charge on any atom is 0.326 e. The first-order valence-corrected chi connectivity index (χ1v) is 9.19. The molecule has 0 fully saturated rings. The van der Waals surface area contributed by atoms with E-state index in [1.807, 2.05) is 0 Å². The van der Waals surface area contributed by atoms with Crippen molar-refractivity contribution in [3.63, 3.8) is 0 Å². The molecule has 0 aliphatic rings. The SMILES string of the molecule is CC(C)CC(NC(=O)C(CC(=O)O)NC(=O)CNC(=O)C(N)CCC(N)=O)C(=O)O. The second kappa shape index (κ2) is 13.1. The first-order chi connectivity index (χ1) is 13.8. The number of carboxylic acids is 2. The molecule has 3 atom stereocenters. The number of primary amides is 1. The van der Waals surface area contributed by atoms with Crippen LogP contribution in [-0.2, 0) is 28.8 Å². The Balaban J connectivity index is 4.87. The number of nitrogens with two attached hydrogens (primary N) is 2. The summed E-state index contributed by atoms with van der Waals surface area (Å²) in [6.07, 6.45) is -0.840. The summed E-state index contributed by atoms with van der Waals surface area (Å²) in [5.41, 5.74) is 10.5. The third-order valence-corrected chi connectivity index (χ3v) is 3.81. The Morgan fingerprint density at radius 3 is 2.00 bits per heavy atom. The number of hydrogen-bond acceptors (Lipinski definition) is 7. The van der Waals surface area contributed by atoms with Crippen LogP contribution in [-0.4, -0.2) is 70.5 Å². The molecule has 13 nitrogen and oxygen atoms in total. The summed E-state index contributed by atoms with van der Waals surface area (Å²) >= 11 is 0. The van der Waals surface area contributed by atoms with Gasteiger partial charge in [-0.3, -0.25) is 24.0 Å². The highest BCUT2D eigenvalue weighted by molar-refractivity contribution is 5.94. The van der Waals surface area contributed by atoms with Crippen LogP contribution in [0.3, 0.4) is 0 Å². The third-order valence-electron chi connectivity index (χ3n) is 3.81. The van der Waals surface area contributed by atoms with Crippen molar-refractivity contribution in [3.05, 3.63) is 0 Å². The molecule has 0 aromatic heterocycles. The van der Waals surface area contributed by atoms with E-state index < -0.39 is 66.7 Å². The van der Waals surface area contributed by atoms with Crippen LogP contribution in [0.4, 0.5) is 0 Å². The number of hydrogen-bond donors (Lipinski definition) is 7. The molecule has 0 aliphatic carbocycles. The number of carboxylic acid groups (broad SMARTS) is 2. The summed E-state index contributed by atoms with van der Waals surface area (Å²) in [5.74, 6) is -6.01. The monoisotopic (exact) mass is 431 g/mol. The van der Waals surface area contributed by atoms with Gasteiger partial charge in [-0.05, 0) is 18.8 Å². The van der Waals surface area contributed by atoms with Crippen LogP contribution in [0.1, 0.15) is 39.5 Å². The molecular formula is C17H29N5O8. The van der Waals surface area contributed by atoms with E-state index in [0.29, 0.717) is 0 Å². The fourth-order valence-corrected chi connectivity index (χ4v) is 2.32. The summed E-state index contributed by atoms with van der Waals surface area (Å²) in [6, 6.07) is -3.89. The van der Waals surface area contributed by atoms with E-state index in [9.17, 15) is 33.9 Å². The van der Waals surface area contributed by atoms with Crippen LogP contribution < -0.4 is 27.4 Å². The zero-order chi connectivity index (χ0) is 23.4. The van der Waals surface area contributed by atoms with Crippen LogP contribution in [0.2, 0.25) is 0 Å². The van der Waals surface area contributed by atoms with Crippen LogP contribution >= 0.6 is 0 Å². The topological polar surface area (TPSA) is 231 Å². The minimum Gasteiger partial charge on any atom is -0.481 e. The lowest BCUT2D eigenvalue weighted by Gasteiger charge is -2.21. The molecule has 3 unspecified atom stereocenters. The molecule has 9 N–H and O–H groups in total. The summed E-state index contributed by atoms with van der Waals surface area (Å²) in [7, 11) is 0. The molecule has 0 bridgehead atoms. The van der Waals surface area contributed by atoms with Gasteiger partial charge in [0.25, 0.3) is 0 Å². The first kappa shape index (κ1) is 26.8. The Hall–Kier alpha value is -3.22. The summed E-state index contributed by atoms with van der Waals surface area (Å²) in [4.78, 5) is 69.0. The van der Waals surface area contributed by atoms with Gasteiger partial charge in [-0.15, -0.1) is 0 Å². The van der Waals surface area contributed by atoms with Gasteiger partial charge < -0.3 is 37.6 Å². The summed E-state index contributed by atoms with van der Waals surface area (Å²) in [6.45, 7) is 2.88. The number of carbonyl (C=O) groups is 6. The Bertz CT molecular complexity index is 667. The molecule has 0 radical (unpaired) electrons. The standard InChI is InChI=1S/C17H29N5O8/c1-8(2)5-11(17(29)30)22-16(28)10(6-14(25)26)21-13(24)7-20-15(27)9(18)3-4-12(19)23/h8-11H,3-7,18H2,1-2H3,(H2,19,23)(H,20,27)(H,21,24)(H,22,28)(H,25,26)(H,29,30). The molecule has 0 aromatic carbocycles. The lowest BCUT2D eigenvalue weighted by atomic mass is 10.0. The van der Waals surface area contributed by atoms with Crippen LogP contribution in [0, 0.1) is 5.92 Å². The van der Waals surface area contributed by atoms with Crippen molar-refractivity contribution in [2.45, 2.75) is 57.7 Å². The summed E-state index contributed by atoms with van der Waals surface area (Å²) in [5, 5.41) is 24.7. The van der Waals surface area contributed by atoms with Crippen molar-refractivity contribution in [1.29, 1.82) is 0 Å². The molecule has 0 heterocycles. The quantitative estimate of drug-likeness (QED) is 0.151. The number of amides is 4. The van der Waals surface area contributed by atoms with E-state index in [-0.39, 0.29) is 25.2 Å². The normalized spacial score (nSPS) is 13.6. The van der Waals surface area contributed by atoms with Gasteiger partial charge in [0, 0.05) is 6.42 Å². The second-order valence-electron chi connectivity index (χ2n) is 7.08. The van der Waals surface area contributed by atoms with Gasteiger partial charge in [0.05, 0.1) is 19.0 Å². The first-order valence-electron chi connectivity index (χ1n) is 9.19. The van der Waals surface area contributed by atoms with Gasteiger partial charge in [-0.2, -0.15) is 0 Å². The van der Waals surface area contributed by atoms with Gasteiger partial charge in [-0.1, -0.05) is 13.8 Å². The Labute approximate surface area is 172 Å². The van der Waals surface area contributed by atoms with Crippen molar-refractivity contribution in [2.24, 2.45) is 17.4 Å². The molecule has 0 aromatic rings. The van der Waals surface area contributed by atoms with Gasteiger partial charge in [0.15, 0.2) is 0 Å². The average Bonchev–Trinajstić information content (AvgIpc) is 2.61. The van der Waals surface area contributed by atoms with E-state index in [1.165, 1.54) is 0 Å². The van der Waals surface area contributed by atoms with Crippen LogP contribution in [0.15, 0.2) is 0 Å². The van der Waals surface area contributed by atoms with E-state index >= 15 is 0 Å². The lowest BCUT2D eigenvalue weighted by molar-refractivity contribution is -0.143. The van der Waals surface area contributed by atoms with Gasteiger partial charge in [0.2, 0.25) is 23.6 Å². The molecular weight excluding hydrogens is 402 g/mol. The third kappa shape index (κ3) is 11.6. The average molecular weight is 431 g/mol. The van der Waals surface area contributed by atoms with E-state index in [1.54, 1.807) is 13.8 Å². The number of carbonyl (C=O) groups excluding carboxylic acids is 4. The fraction of sp³-hybridized carbons (Fsp3) is 0.647. The van der Waals surface area contributed by atoms with E-state index in [0.717, 1.165) is 0 Å². The number of nitrogens with one attached hydrogen (secondary N) is 3. The molecule has 0 spiro atoms. The minimum absolute atomic E-state index is 0.0285. The zero-order valence-corrected chi connectivity index (χ0v) is 16.8. The fourth-order valence-electron chi connectivity index (χ4n) is 2.32. The highest BCUT2D eigenvalue weighted by atomic mass is 16.4. The van der Waals surface area contributed by atoms with E-state index in [4.69, 9.17) is 16.6 Å². The predicted molar refractivity (Wildman–Crippen MR) is 103 cm³/mol. The van der Waals surface area contributed by atoms with Crippen molar-refractivity contribution in [2.75, 3.05) is 6.54 Å². The van der Waals surface area contributed by atoms with Crippen molar-refractivity contribution in [3.8, 4) is 0 Å². The number of aliphatic carboxylic acids is 2. The smallest absolute Gasteiger partial charge is 0.326 e. The molecule has 30 heavy (non-hydrogen) atoms. The highest BCUT2D eigenvalue weighted by Gasteiger charge is 2.29. The van der Waals surface area contributed by atoms with Crippen LogP contribution in [0.5, 0.6) is 0 Å². The maximum atomic E-state index is 12.3. The molecule has 0 aliphatic heterocycles. The maximum absolute atomic E-state index is 12.3. The second-order valence-corrected chi connectivity index (χ2v) is 7.08. The molecule has 0 saturated carbocycles. The minimum atomic E-state index is -1.55.